The molecule has 0 aromatic heterocycles. The van der Waals surface area contributed by atoms with Crippen LogP contribution in [0, 0.1) is 5.92 Å². The second-order valence-electron chi connectivity index (χ2n) is 4.62. The van der Waals surface area contributed by atoms with Crippen molar-refractivity contribution < 1.29 is 4.74 Å². The van der Waals surface area contributed by atoms with Crippen LogP contribution in [0.3, 0.4) is 0 Å². The van der Waals surface area contributed by atoms with Gasteiger partial charge in [-0.15, -0.1) is 0 Å². The van der Waals surface area contributed by atoms with E-state index >= 15 is 0 Å². The van der Waals surface area contributed by atoms with Gasteiger partial charge in [0.15, 0.2) is 0 Å². The van der Waals surface area contributed by atoms with E-state index in [-0.39, 0.29) is 12.1 Å². The normalized spacial score (nSPS) is 19.1. The van der Waals surface area contributed by atoms with Crippen LogP contribution in [0.4, 0.5) is 0 Å². The Morgan fingerprint density at radius 2 is 2.12 bits per heavy atom. The highest BCUT2D eigenvalue weighted by atomic mass is 35.5. The van der Waals surface area contributed by atoms with Gasteiger partial charge in [0.2, 0.25) is 0 Å². The maximum absolute atomic E-state index is 6.19. The lowest BCUT2D eigenvalue weighted by atomic mass is 9.99. The van der Waals surface area contributed by atoms with Gasteiger partial charge < -0.3 is 10.5 Å². The van der Waals surface area contributed by atoms with Gasteiger partial charge in [-0.25, -0.2) is 0 Å². The first-order chi connectivity index (χ1) is 8.13. The number of hydrogen-bond donors (Lipinski definition) is 1. The molecular formula is C13H17Cl2NO. The molecule has 0 heterocycles. The van der Waals surface area contributed by atoms with Crippen molar-refractivity contribution in [2.24, 2.45) is 11.7 Å². The van der Waals surface area contributed by atoms with Gasteiger partial charge in [0.05, 0.1) is 16.1 Å². The van der Waals surface area contributed by atoms with Gasteiger partial charge in [0.25, 0.3) is 0 Å². The number of halogens is 2. The molecule has 1 aromatic rings. The molecule has 2 rings (SSSR count). The molecular weight excluding hydrogens is 257 g/mol. The summed E-state index contributed by atoms with van der Waals surface area (Å²) in [5.41, 5.74) is 7.19. The summed E-state index contributed by atoms with van der Waals surface area (Å²) in [4.78, 5) is 0. The van der Waals surface area contributed by atoms with Crippen LogP contribution in [0.15, 0.2) is 18.2 Å². The topological polar surface area (TPSA) is 35.2 Å². The molecule has 0 radical (unpaired) electrons. The number of hydrogen-bond acceptors (Lipinski definition) is 2. The van der Waals surface area contributed by atoms with Crippen molar-refractivity contribution in [3.63, 3.8) is 0 Å². The Hall–Kier alpha value is -0.280. The van der Waals surface area contributed by atoms with Crippen LogP contribution in [0.25, 0.3) is 0 Å². The number of benzene rings is 1. The van der Waals surface area contributed by atoms with Gasteiger partial charge in [0, 0.05) is 13.2 Å². The molecule has 1 aromatic carbocycles. The summed E-state index contributed by atoms with van der Waals surface area (Å²) in [5, 5.41) is 1.19. The molecule has 2 unspecified atom stereocenters. The second-order valence-corrected chi connectivity index (χ2v) is 5.40. The Morgan fingerprint density at radius 3 is 2.71 bits per heavy atom. The van der Waals surface area contributed by atoms with E-state index in [1.165, 1.54) is 12.8 Å². The highest BCUT2D eigenvalue weighted by Crippen LogP contribution is 2.36. The van der Waals surface area contributed by atoms with E-state index in [0.29, 0.717) is 22.4 Å². The van der Waals surface area contributed by atoms with Gasteiger partial charge >= 0.3 is 0 Å². The summed E-state index contributed by atoms with van der Waals surface area (Å²) in [6.45, 7) is 0. The molecule has 2 nitrogen and oxygen atoms in total. The molecule has 2 atom stereocenters. The molecule has 1 aliphatic rings. The minimum absolute atomic E-state index is 0.0246. The summed E-state index contributed by atoms with van der Waals surface area (Å²) >= 11 is 12.1. The van der Waals surface area contributed by atoms with Crippen LogP contribution in [0.1, 0.15) is 18.4 Å². The summed E-state index contributed by atoms with van der Waals surface area (Å²) in [6, 6.07) is 5.62. The molecule has 1 saturated carbocycles. The standard InChI is InChI=1S/C13H17Cl2NO/c1-17-13(8-5-6-8)11(16)7-9-3-2-4-10(14)12(9)15/h2-4,8,11,13H,5-7,16H2,1H3. The SMILES string of the molecule is COC(C(N)Cc1cccc(Cl)c1Cl)C1CC1. The van der Waals surface area contributed by atoms with Crippen molar-refractivity contribution in [1.29, 1.82) is 0 Å². The highest BCUT2D eigenvalue weighted by molar-refractivity contribution is 6.42. The van der Waals surface area contributed by atoms with Crippen molar-refractivity contribution in [3.05, 3.63) is 33.8 Å². The molecule has 0 aliphatic heterocycles. The van der Waals surface area contributed by atoms with E-state index in [4.69, 9.17) is 33.7 Å². The van der Waals surface area contributed by atoms with E-state index in [1.807, 2.05) is 12.1 Å². The molecule has 4 heteroatoms. The van der Waals surface area contributed by atoms with Crippen molar-refractivity contribution in [2.45, 2.75) is 31.4 Å². The molecule has 2 N–H and O–H groups in total. The fourth-order valence-electron chi connectivity index (χ4n) is 2.22. The summed E-state index contributed by atoms with van der Waals surface area (Å²) in [6.07, 6.45) is 3.27. The van der Waals surface area contributed by atoms with Crippen LogP contribution < -0.4 is 5.73 Å². The Balaban J connectivity index is 2.06. The maximum atomic E-state index is 6.19. The van der Waals surface area contributed by atoms with Gasteiger partial charge in [-0.2, -0.15) is 0 Å². The number of ether oxygens (including phenoxy) is 1. The molecule has 0 saturated heterocycles. The average molecular weight is 274 g/mol. The van der Waals surface area contributed by atoms with Gasteiger partial charge in [-0.1, -0.05) is 35.3 Å². The van der Waals surface area contributed by atoms with Crippen LogP contribution in [-0.2, 0) is 11.2 Å². The maximum Gasteiger partial charge on any atom is 0.0753 e. The zero-order chi connectivity index (χ0) is 12.4. The first-order valence-corrected chi connectivity index (χ1v) is 6.60. The quantitative estimate of drug-likeness (QED) is 0.894. The first kappa shape index (κ1) is 13.2. The molecule has 1 fully saturated rings. The Kier molecular flexibility index (Phi) is 4.31. The fourth-order valence-corrected chi connectivity index (χ4v) is 2.62. The van der Waals surface area contributed by atoms with Crippen molar-refractivity contribution in [2.75, 3.05) is 7.11 Å². The van der Waals surface area contributed by atoms with E-state index in [2.05, 4.69) is 0 Å². The zero-order valence-electron chi connectivity index (χ0n) is 9.83. The van der Waals surface area contributed by atoms with E-state index < -0.39 is 0 Å². The molecule has 0 amide bonds. The third-order valence-electron chi connectivity index (χ3n) is 3.27. The number of nitrogens with two attached hydrogens (primary N) is 1. The zero-order valence-corrected chi connectivity index (χ0v) is 11.3. The number of rotatable bonds is 5. The van der Waals surface area contributed by atoms with Crippen LogP contribution in [0.2, 0.25) is 10.0 Å². The Morgan fingerprint density at radius 1 is 1.41 bits per heavy atom. The molecule has 17 heavy (non-hydrogen) atoms. The minimum atomic E-state index is -0.0246. The lowest BCUT2D eigenvalue weighted by molar-refractivity contribution is 0.0627. The Labute approximate surface area is 112 Å². The second kappa shape index (κ2) is 5.57. The fraction of sp³-hybridized carbons (Fsp3) is 0.538. The third kappa shape index (κ3) is 3.14. The largest absolute Gasteiger partial charge is 0.380 e. The van der Waals surface area contributed by atoms with Crippen molar-refractivity contribution in [3.8, 4) is 0 Å². The monoisotopic (exact) mass is 273 g/mol. The molecule has 94 valence electrons. The molecule has 0 spiro atoms. The van der Waals surface area contributed by atoms with Crippen LogP contribution in [-0.4, -0.2) is 19.3 Å². The molecule has 0 bridgehead atoms. The van der Waals surface area contributed by atoms with Crippen LogP contribution in [0.5, 0.6) is 0 Å². The lowest BCUT2D eigenvalue weighted by Crippen LogP contribution is -2.39. The van der Waals surface area contributed by atoms with Crippen LogP contribution >= 0.6 is 23.2 Å². The van der Waals surface area contributed by atoms with Gasteiger partial charge in [-0.05, 0) is 36.8 Å². The Bertz CT molecular complexity index is 393. The van der Waals surface area contributed by atoms with Gasteiger partial charge in [-0.3, -0.25) is 0 Å². The number of methoxy groups -OCH3 is 1. The molecule has 1 aliphatic carbocycles. The lowest BCUT2D eigenvalue weighted by Gasteiger charge is -2.22. The minimum Gasteiger partial charge on any atom is -0.380 e. The van der Waals surface area contributed by atoms with Crippen molar-refractivity contribution in [1.82, 2.24) is 0 Å². The predicted octanol–water partition coefficient (Wildman–Crippen LogP) is 3.29. The summed E-state index contributed by atoms with van der Waals surface area (Å²) < 4.78 is 5.48. The predicted molar refractivity (Wildman–Crippen MR) is 71.7 cm³/mol. The first-order valence-electron chi connectivity index (χ1n) is 5.84. The smallest absolute Gasteiger partial charge is 0.0753 e. The van der Waals surface area contributed by atoms with Gasteiger partial charge in [0.1, 0.15) is 0 Å². The highest BCUT2D eigenvalue weighted by Gasteiger charge is 2.35. The average Bonchev–Trinajstić information content (AvgIpc) is 3.10. The third-order valence-corrected chi connectivity index (χ3v) is 4.13. The van der Waals surface area contributed by atoms with E-state index in [0.717, 1.165) is 5.56 Å². The van der Waals surface area contributed by atoms with E-state index in [1.54, 1.807) is 13.2 Å². The van der Waals surface area contributed by atoms with Crippen molar-refractivity contribution >= 4 is 23.2 Å². The summed E-state index contributed by atoms with van der Waals surface area (Å²) in [5.74, 6) is 0.618. The summed E-state index contributed by atoms with van der Waals surface area (Å²) in [7, 11) is 1.72. The van der Waals surface area contributed by atoms with E-state index in [9.17, 15) is 0 Å².